The molecule has 3 N–H and O–H groups in total. The van der Waals surface area contributed by atoms with Gasteiger partial charge in [0, 0.05) is 28.4 Å². The molecule has 0 atom stereocenters. The lowest BCUT2D eigenvalue weighted by Crippen LogP contribution is -2.32. The second kappa shape index (κ2) is 12.9. The number of hydrogen-bond donors (Lipinski definition) is 3. The number of anilines is 1. The number of aromatic hydroxyl groups is 1. The van der Waals surface area contributed by atoms with Gasteiger partial charge in [-0.15, -0.1) is 0 Å². The molecular formula is C30H33BrN4O5S. The number of fused-ring (bicyclic) bond motifs is 1. The summed E-state index contributed by atoms with van der Waals surface area (Å²) in [4.78, 5) is 20.9. The van der Waals surface area contributed by atoms with Crippen LogP contribution in [-0.4, -0.2) is 73.6 Å². The molecule has 0 saturated carbocycles. The number of aromatic nitrogens is 1. The van der Waals surface area contributed by atoms with Crippen molar-refractivity contribution in [2.75, 3.05) is 37.7 Å². The van der Waals surface area contributed by atoms with Gasteiger partial charge in [-0.2, -0.15) is 0 Å². The summed E-state index contributed by atoms with van der Waals surface area (Å²) in [5.74, 6) is -0.894. The van der Waals surface area contributed by atoms with E-state index in [1.54, 1.807) is 24.3 Å². The third kappa shape index (κ3) is 7.75. The number of aryl methyl sites for hydroxylation is 1. The number of hydrogen-bond acceptors (Lipinski definition) is 6. The van der Waals surface area contributed by atoms with Gasteiger partial charge >= 0.3 is 5.97 Å². The molecule has 1 aromatic heterocycles. The fraction of sp³-hybridized carbons (Fsp3) is 0.267. The molecule has 4 rings (SSSR count). The van der Waals surface area contributed by atoms with Crippen molar-refractivity contribution < 1.29 is 23.4 Å². The van der Waals surface area contributed by atoms with E-state index in [0.717, 1.165) is 33.0 Å². The minimum Gasteiger partial charge on any atom is -0.494 e. The number of carbonyl (C=O) groups is 1. The van der Waals surface area contributed by atoms with Gasteiger partial charge < -0.3 is 20.1 Å². The molecule has 4 aromatic rings. The maximum Gasteiger partial charge on any atom is 0.303 e. The fourth-order valence-corrected chi connectivity index (χ4v) is 5.91. The van der Waals surface area contributed by atoms with Crippen molar-refractivity contribution >= 4 is 59.9 Å². The molecule has 0 saturated heterocycles. The lowest BCUT2D eigenvalue weighted by molar-refractivity contribution is -0.136. The number of benzene rings is 3. The zero-order chi connectivity index (χ0) is 29.7. The lowest BCUT2D eigenvalue weighted by Gasteiger charge is -2.23. The van der Waals surface area contributed by atoms with Crippen molar-refractivity contribution in [3.05, 3.63) is 87.9 Å². The number of sulfonamides is 1. The van der Waals surface area contributed by atoms with Crippen molar-refractivity contribution in [2.24, 2.45) is 4.99 Å². The predicted octanol–water partition coefficient (Wildman–Crippen LogP) is 5.54. The van der Waals surface area contributed by atoms with Gasteiger partial charge in [0.05, 0.1) is 34.4 Å². The second-order valence-corrected chi connectivity index (χ2v) is 12.9. The first-order valence-corrected chi connectivity index (χ1v) is 15.7. The standard InChI is InChI=1S/C30H33BrN4O5S/c1-34(2)17-4-18-35(41(3,39)40)24-13-11-23(12-14-24)32-29(21-8-5-20(6-9-21)7-16-27(36)37)28-25-15-10-22(31)19-26(25)33-30(28)38/h5-6,8-15,19,33,38H,4,7,16-18H2,1-3H3,(H,36,37). The summed E-state index contributed by atoms with van der Waals surface area (Å²) in [6.45, 7) is 1.12. The highest BCUT2D eigenvalue weighted by molar-refractivity contribution is 9.10. The molecule has 0 spiro atoms. The first-order valence-electron chi connectivity index (χ1n) is 13.1. The van der Waals surface area contributed by atoms with Crippen LogP contribution in [0.5, 0.6) is 5.88 Å². The zero-order valence-electron chi connectivity index (χ0n) is 23.1. The fourth-order valence-electron chi connectivity index (χ4n) is 4.58. The van der Waals surface area contributed by atoms with Crippen LogP contribution in [0.3, 0.4) is 0 Å². The predicted molar refractivity (Wildman–Crippen MR) is 167 cm³/mol. The largest absolute Gasteiger partial charge is 0.494 e. The summed E-state index contributed by atoms with van der Waals surface area (Å²) in [5, 5.41) is 20.8. The van der Waals surface area contributed by atoms with Gasteiger partial charge in [0.2, 0.25) is 10.0 Å². The maximum absolute atomic E-state index is 12.5. The van der Waals surface area contributed by atoms with Crippen LogP contribution in [0.2, 0.25) is 0 Å². The van der Waals surface area contributed by atoms with Gasteiger partial charge in [-0.3, -0.25) is 9.10 Å². The normalized spacial score (nSPS) is 12.3. The van der Waals surface area contributed by atoms with Crippen molar-refractivity contribution in [1.29, 1.82) is 0 Å². The number of aliphatic carboxylic acids is 1. The van der Waals surface area contributed by atoms with Gasteiger partial charge in [-0.1, -0.05) is 46.3 Å². The number of carboxylic acid groups (broad SMARTS) is 1. The van der Waals surface area contributed by atoms with Crippen LogP contribution in [0.25, 0.3) is 10.9 Å². The van der Waals surface area contributed by atoms with E-state index in [9.17, 15) is 18.3 Å². The average molecular weight is 642 g/mol. The highest BCUT2D eigenvalue weighted by Gasteiger charge is 2.20. The van der Waals surface area contributed by atoms with Crippen molar-refractivity contribution in [2.45, 2.75) is 19.3 Å². The van der Waals surface area contributed by atoms with Gasteiger partial charge in [0.15, 0.2) is 5.88 Å². The van der Waals surface area contributed by atoms with E-state index in [2.05, 4.69) is 20.9 Å². The Morgan fingerprint density at radius 3 is 2.29 bits per heavy atom. The van der Waals surface area contributed by atoms with Gasteiger partial charge in [0.25, 0.3) is 0 Å². The smallest absolute Gasteiger partial charge is 0.303 e. The number of H-pyrrole nitrogens is 1. The Balaban J connectivity index is 1.75. The van der Waals surface area contributed by atoms with Gasteiger partial charge in [-0.05, 0) is 75.4 Å². The molecule has 0 unspecified atom stereocenters. The Hall–Kier alpha value is -3.67. The number of nitrogens with one attached hydrogen (secondary N) is 1. The Labute approximate surface area is 248 Å². The van der Waals surface area contributed by atoms with Crippen LogP contribution < -0.4 is 4.31 Å². The van der Waals surface area contributed by atoms with E-state index in [1.807, 2.05) is 61.5 Å². The molecule has 0 aliphatic heterocycles. The number of halogens is 1. The van der Waals surface area contributed by atoms with Crippen LogP contribution in [-0.2, 0) is 21.2 Å². The number of nitrogens with zero attached hydrogens (tertiary/aromatic N) is 3. The number of rotatable bonds is 12. The highest BCUT2D eigenvalue weighted by Crippen LogP contribution is 2.33. The molecule has 0 radical (unpaired) electrons. The van der Waals surface area contributed by atoms with E-state index < -0.39 is 16.0 Å². The third-order valence-corrected chi connectivity index (χ3v) is 8.27. The Kier molecular flexibility index (Phi) is 9.52. The molecule has 41 heavy (non-hydrogen) atoms. The van der Waals surface area contributed by atoms with Crippen LogP contribution >= 0.6 is 15.9 Å². The molecule has 216 valence electrons. The molecule has 9 nitrogen and oxygen atoms in total. The van der Waals surface area contributed by atoms with Crippen LogP contribution in [0, 0.1) is 0 Å². The average Bonchev–Trinajstić information content (AvgIpc) is 3.23. The van der Waals surface area contributed by atoms with Crippen molar-refractivity contribution in [3.8, 4) is 5.88 Å². The molecule has 0 aliphatic rings. The van der Waals surface area contributed by atoms with E-state index in [4.69, 9.17) is 10.1 Å². The maximum atomic E-state index is 12.5. The van der Waals surface area contributed by atoms with E-state index in [-0.39, 0.29) is 12.3 Å². The third-order valence-electron chi connectivity index (χ3n) is 6.58. The summed E-state index contributed by atoms with van der Waals surface area (Å²) in [6.07, 6.45) is 2.32. The van der Waals surface area contributed by atoms with E-state index in [1.165, 1.54) is 10.6 Å². The summed E-state index contributed by atoms with van der Waals surface area (Å²) in [5.41, 5.74) is 4.50. The molecule has 0 aliphatic carbocycles. The van der Waals surface area contributed by atoms with Crippen molar-refractivity contribution in [1.82, 2.24) is 9.88 Å². The number of carboxylic acids is 1. The molecule has 0 amide bonds. The lowest BCUT2D eigenvalue weighted by atomic mass is 9.98. The van der Waals surface area contributed by atoms with Gasteiger partial charge in [-0.25, -0.2) is 13.4 Å². The Morgan fingerprint density at radius 1 is 1.00 bits per heavy atom. The molecule has 0 fully saturated rings. The zero-order valence-corrected chi connectivity index (χ0v) is 25.5. The molecular weight excluding hydrogens is 608 g/mol. The first-order chi connectivity index (χ1) is 19.4. The Bertz CT molecular complexity index is 1660. The summed E-state index contributed by atoms with van der Waals surface area (Å²) in [7, 11) is 0.418. The molecule has 11 heteroatoms. The van der Waals surface area contributed by atoms with E-state index in [0.29, 0.717) is 42.0 Å². The van der Waals surface area contributed by atoms with Crippen LogP contribution in [0.15, 0.2) is 76.2 Å². The summed E-state index contributed by atoms with van der Waals surface area (Å²) < 4.78 is 27.3. The number of aromatic amines is 1. The van der Waals surface area contributed by atoms with Crippen LogP contribution in [0.1, 0.15) is 29.5 Å². The highest BCUT2D eigenvalue weighted by atomic mass is 79.9. The Morgan fingerprint density at radius 2 is 1.68 bits per heavy atom. The van der Waals surface area contributed by atoms with Crippen molar-refractivity contribution in [3.63, 3.8) is 0 Å². The molecule has 0 bridgehead atoms. The summed E-state index contributed by atoms with van der Waals surface area (Å²) in [6, 6.07) is 20.0. The van der Waals surface area contributed by atoms with E-state index >= 15 is 0 Å². The quantitative estimate of drug-likeness (QED) is 0.175. The first kappa shape index (κ1) is 30.3. The minimum atomic E-state index is -3.48. The second-order valence-electron chi connectivity index (χ2n) is 10.1. The molecule has 1 heterocycles. The number of aliphatic imine (C=N–C) groups is 1. The molecule has 3 aromatic carbocycles. The monoisotopic (exact) mass is 640 g/mol. The SMILES string of the molecule is CN(C)CCCN(c1ccc(N=C(c2ccc(CCC(=O)O)cc2)c2c(O)[nH]c3cc(Br)ccc23)cc1)S(C)(=O)=O. The summed E-state index contributed by atoms with van der Waals surface area (Å²) >= 11 is 3.47. The van der Waals surface area contributed by atoms with Crippen LogP contribution in [0.4, 0.5) is 11.4 Å². The minimum absolute atomic E-state index is 0.0321. The van der Waals surface area contributed by atoms with Gasteiger partial charge in [0.1, 0.15) is 0 Å². The topological polar surface area (TPSA) is 126 Å².